The van der Waals surface area contributed by atoms with Gasteiger partial charge < -0.3 is 9.47 Å². The predicted octanol–water partition coefficient (Wildman–Crippen LogP) is 4.61. The molecule has 7 rings (SSSR count). The summed E-state index contributed by atoms with van der Waals surface area (Å²) in [5.74, 6) is 0.705. The minimum absolute atomic E-state index is 0.0109. The minimum atomic E-state index is -0.493. The lowest BCUT2D eigenvalue weighted by Crippen LogP contribution is -2.38. The van der Waals surface area contributed by atoms with E-state index in [-0.39, 0.29) is 23.6 Å². The van der Waals surface area contributed by atoms with Crippen LogP contribution in [0.4, 0.5) is 5.69 Å². The summed E-state index contributed by atoms with van der Waals surface area (Å²) in [5.41, 5.74) is 4.78. The Labute approximate surface area is 224 Å². The van der Waals surface area contributed by atoms with E-state index in [2.05, 4.69) is 12.1 Å². The maximum atomic E-state index is 13.9. The average Bonchev–Trinajstić information content (AvgIpc) is 3.51. The molecule has 188 valence electrons. The number of aryl methyl sites for hydroxylation is 1. The quantitative estimate of drug-likeness (QED) is 0.278. The van der Waals surface area contributed by atoms with Crippen LogP contribution in [-0.2, 0) is 6.42 Å². The molecule has 0 amide bonds. The van der Waals surface area contributed by atoms with Gasteiger partial charge in [0.1, 0.15) is 0 Å². The second-order valence-electron chi connectivity index (χ2n) is 9.16. The van der Waals surface area contributed by atoms with Gasteiger partial charge in [-0.05, 0) is 47.8 Å². The van der Waals surface area contributed by atoms with Gasteiger partial charge in [-0.1, -0.05) is 65.4 Å². The fourth-order valence-corrected chi connectivity index (χ4v) is 6.59. The second-order valence-corrected chi connectivity index (χ2v) is 10.6. The third-order valence-corrected chi connectivity index (χ3v) is 8.41. The number of halogens is 1. The number of nitro benzene ring substituents is 1. The first kappa shape index (κ1) is 22.9. The van der Waals surface area contributed by atoms with Gasteiger partial charge in [0.05, 0.1) is 32.8 Å². The first-order chi connectivity index (χ1) is 18.5. The lowest BCUT2D eigenvalue weighted by Gasteiger charge is -2.31. The van der Waals surface area contributed by atoms with Gasteiger partial charge in [0.2, 0.25) is 6.79 Å². The van der Waals surface area contributed by atoms with E-state index in [1.165, 1.54) is 35.1 Å². The third-order valence-electron chi connectivity index (χ3n) is 7.08. The summed E-state index contributed by atoms with van der Waals surface area (Å²) >= 11 is 7.88. The Bertz CT molecular complexity index is 1890. The molecular weight excluding hydrogens is 526 g/mol. The number of fused-ring (bicyclic) bond motifs is 4. The molecule has 1 unspecified atom stereocenters. The fourth-order valence-electron chi connectivity index (χ4n) is 5.36. The van der Waals surface area contributed by atoms with Crippen molar-refractivity contribution < 1.29 is 14.4 Å². The van der Waals surface area contributed by atoms with E-state index in [4.69, 9.17) is 26.1 Å². The van der Waals surface area contributed by atoms with Crippen LogP contribution < -0.4 is 24.4 Å². The summed E-state index contributed by atoms with van der Waals surface area (Å²) in [4.78, 5) is 30.8. The number of hydrogen-bond acceptors (Lipinski definition) is 7. The van der Waals surface area contributed by atoms with E-state index in [1.807, 2.05) is 36.4 Å². The first-order valence-corrected chi connectivity index (χ1v) is 13.1. The highest BCUT2D eigenvalue weighted by atomic mass is 35.5. The average molecular weight is 544 g/mol. The minimum Gasteiger partial charge on any atom is -0.454 e. The normalized spacial score (nSPS) is 17.5. The fraction of sp³-hybridized carbons (Fsp3) is 0.143. The molecule has 38 heavy (non-hydrogen) atoms. The Morgan fingerprint density at radius 2 is 1.84 bits per heavy atom. The Morgan fingerprint density at radius 3 is 2.66 bits per heavy atom. The summed E-state index contributed by atoms with van der Waals surface area (Å²) < 4.78 is 12.7. The molecule has 0 saturated heterocycles. The van der Waals surface area contributed by atoms with Gasteiger partial charge in [-0.15, -0.1) is 0 Å². The van der Waals surface area contributed by atoms with Crippen molar-refractivity contribution in [1.29, 1.82) is 0 Å². The summed E-state index contributed by atoms with van der Waals surface area (Å²) in [6.45, 7) is -0.0109. The molecule has 0 saturated carbocycles. The van der Waals surface area contributed by atoms with Crippen molar-refractivity contribution in [3.8, 4) is 11.5 Å². The topological polar surface area (TPSA) is 96.0 Å². The van der Waals surface area contributed by atoms with Crippen LogP contribution in [0.15, 0.2) is 76.0 Å². The highest BCUT2D eigenvalue weighted by Crippen LogP contribution is 2.43. The van der Waals surface area contributed by atoms with Gasteiger partial charge in [0.25, 0.3) is 11.2 Å². The number of thiazole rings is 1. The van der Waals surface area contributed by atoms with Crippen LogP contribution in [0, 0.1) is 10.1 Å². The molecule has 10 heteroatoms. The van der Waals surface area contributed by atoms with Crippen LogP contribution in [0.5, 0.6) is 11.5 Å². The molecule has 0 N–H and O–H groups in total. The molecular formula is C28H18ClN3O5S. The maximum Gasteiger partial charge on any atom is 0.280 e. The molecule has 2 aliphatic heterocycles. The largest absolute Gasteiger partial charge is 0.454 e. The van der Waals surface area contributed by atoms with Crippen LogP contribution in [0.1, 0.15) is 34.7 Å². The molecule has 0 fully saturated rings. The van der Waals surface area contributed by atoms with Crippen LogP contribution in [0.3, 0.4) is 0 Å². The second kappa shape index (κ2) is 8.68. The zero-order valence-electron chi connectivity index (χ0n) is 19.7. The highest BCUT2D eigenvalue weighted by Gasteiger charge is 2.33. The van der Waals surface area contributed by atoms with Gasteiger partial charge >= 0.3 is 0 Å². The summed E-state index contributed by atoms with van der Waals surface area (Å²) in [5, 5.41) is 12.4. The van der Waals surface area contributed by atoms with E-state index in [9.17, 15) is 14.9 Å². The van der Waals surface area contributed by atoms with Crippen molar-refractivity contribution >= 4 is 40.4 Å². The molecule has 3 heterocycles. The molecule has 1 aromatic heterocycles. The van der Waals surface area contributed by atoms with Gasteiger partial charge in [-0.2, -0.15) is 0 Å². The molecule has 0 bridgehead atoms. The molecule has 3 aliphatic rings. The predicted molar refractivity (Wildman–Crippen MR) is 143 cm³/mol. The van der Waals surface area contributed by atoms with Gasteiger partial charge in [0, 0.05) is 10.6 Å². The first-order valence-electron chi connectivity index (χ1n) is 11.9. The van der Waals surface area contributed by atoms with E-state index >= 15 is 0 Å². The zero-order chi connectivity index (χ0) is 26.0. The molecule has 0 spiro atoms. The molecule has 8 nitrogen and oxygen atoms in total. The number of ether oxygens (including phenoxy) is 2. The Morgan fingerprint density at radius 1 is 1.08 bits per heavy atom. The van der Waals surface area contributed by atoms with Crippen molar-refractivity contribution in [3.63, 3.8) is 0 Å². The Hall–Kier alpha value is -4.21. The Kier molecular flexibility index (Phi) is 5.24. The van der Waals surface area contributed by atoms with E-state index in [1.54, 1.807) is 4.57 Å². The van der Waals surface area contributed by atoms with E-state index in [0.717, 1.165) is 35.2 Å². The van der Waals surface area contributed by atoms with E-state index < -0.39 is 11.0 Å². The maximum absolute atomic E-state index is 13.9. The molecule has 3 aromatic carbocycles. The van der Waals surface area contributed by atoms with Gasteiger partial charge in [-0.3, -0.25) is 19.5 Å². The SMILES string of the molecule is O=c1c(=Cc2cc3c(cc2[N+](=O)[O-])OCO3)sc2n1C(c1ccccc1Cl)C1=C(N=2)c2ccccc2CC1. The van der Waals surface area contributed by atoms with Crippen LogP contribution >= 0.6 is 22.9 Å². The molecule has 1 atom stereocenters. The van der Waals surface area contributed by atoms with Crippen LogP contribution in [-0.4, -0.2) is 16.3 Å². The number of hydrogen-bond donors (Lipinski definition) is 0. The third kappa shape index (κ3) is 3.50. The number of allylic oxidation sites excluding steroid dienone is 1. The number of benzene rings is 3. The van der Waals surface area contributed by atoms with Crippen molar-refractivity contribution in [2.24, 2.45) is 4.99 Å². The lowest BCUT2D eigenvalue weighted by molar-refractivity contribution is -0.385. The van der Waals surface area contributed by atoms with Crippen molar-refractivity contribution in [1.82, 2.24) is 4.57 Å². The van der Waals surface area contributed by atoms with Gasteiger partial charge in [-0.25, -0.2) is 4.99 Å². The summed E-state index contributed by atoms with van der Waals surface area (Å²) in [7, 11) is 0. The summed E-state index contributed by atoms with van der Waals surface area (Å²) in [6, 6.07) is 18.1. The lowest BCUT2D eigenvalue weighted by atomic mass is 9.83. The number of aromatic nitrogens is 1. The monoisotopic (exact) mass is 543 g/mol. The Balaban J connectivity index is 1.50. The van der Waals surface area contributed by atoms with Crippen LogP contribution in [0.25, 0.3) is 11.8 Å². The standard InChI is InChI=1S/C28H18ClN3O5S/c29-20-8-4-3-7-18(20)26-19-10-9-15-5-1-2-6-17(15)25(19)30-28-31(26)27(33)24(38-28)12-16-11-22-23(37-14-36-22)13-21(16)32(34)35/h1-8,11-13,26H,9-10,14H2. The van der Waals surface area contributed by atoms with Crippen molar-refractivity contribution in [2.75, 3.05) is 6.79 Å². The van der Waals surface area contributed by atoms with Crippen LogP contribution in [0.2, 0.25) is 5.02 Å². The molecule has 1 aliphatic carbocycles. The number of nitrogens with zero attached hydrogens (tertiary/aromatic N) is 3. The summed E-state index contributed by atoms with van der Waals surface area (Å²) in [6.07, 6.45) is 3.10. The number of nitro groups is 1. The smallest absolute Gasteiger partial charge is 0.280 e. The van der Waals surface area contributed by atoms with Crippen molar-refractivity contribution in [3.05, 3.63) is 123 Å². The van der Waals surface area contributed by atoms with Gasteiger partial charge in [0.15, 0.2) is 16.3 Å². The number of rotatable bonds is 3. The molecule has 0 radical (unpaired) electrons. The van der Waals surface area contributed by atoms with Crippen molar-refractivity contribution in [2.45, 2.75) is 18.9 Å². The highest BCUT2D eigenvalue weighted by molar-refractivity contribution is 7.07. The molecule has 4 aromatic rings. The zero-order valence-corrected chi connectivity index (χ0v) is 21.3. The van der Waals surface area contributed by atoms with E-state index in [0.29, 0.717) is 25.9 Å².